The molecule has 0 amide bonds. The summed E-state index contributed by atoms with van der Waals surface area (Å²) in [6.45, 7) is 0.115. The molecule has 0 aromatic heterocycles. The van der Waals surface area contributed by atoms with Crippen molar-refractivity contribution >= 4 is 6.08 Å². The van der Waals surface area contributed by atoms with E-state index in [0.29, 0.717) is 29.7 Å². The van der Waals surface area contributed by atoms with Crippen LogP contribution in [-0.4, -0.2) is 20.3 Å². The fraction of sp³-hybridized carbons (Fsp3) is 0.533. The van der Waals surface area contributed by atoms with Crippen molar-refractivity contribution < 1.29 is 18.7 Å². The molecule has 1 aromatic carbocycles. The second kappa shape index (κ2) is 6.16. The van der Waals surface area contributed by atoms with E-state index in [1.54, 1.807) is 18.2 Å². The van der Waals surface area contributed by atoms with Gasteiger partial charge in [-0.25, -0.2) is 9.18 Å². The van der Waals surface area contributed by atoms with Gasteiger partial charge >= 0.3 is 0 Å². The van der Waals surface area contributed by atoms with E-state index in [2.05, 4.69) is 4.99 Å². The molecule has 0 saturated heterocycles. The highest BCUT2D eigenvalue weighted by Crippen LogP contribution is 2.44. The number of isocyanates is 1. The minimum absolute atomic E-state index is 0.115. The van der Waals surface area contributed by atoms with Gasteiger partial charge in [-0.3, -0.25) is 0 Å². The Morgan fingerprint density at radius 1 is 1.35 bits per heavy atom. The van der Waals surface area contributed by atoms with Crippen LogP contribution in [0.5, 0.6) is 5.75 Å². The Labute approximate surface area is 117 Å². The summed E-state index contributed by atoms with van der Waals surface area (Å²) in [4.78, 5) is 14.6. The number of aliphatic imine (C=N–C) groups is 1. The maximum absolute atomic E-state index is 14.8. The SMILES string of the molecule is COCc1c(OC)ccc(C2(N=C=O)CCCC2)c1F. The molecule has 1 saturated carbocycles. The van der Waals surface area contributed by atoms with Gasteiger partial charge < -0.3 is 9.47 Å². The molecule has 1 aliphatic carbocycles. The van der Waals surface area contributed by atoms with Crippen LogP contribution < -0.4 is 4.74 Å². The molecular formula is C15H18FNO3. The molecule has 0 heterocycles. The number of hydrogen-bond donors (Lipinski definition) is 0. The largest absolute Gasteiger partial charge is 0.496 e. The van der Waals surface area contributed by atoms with E-state index < -0.39 is 11.4 Å². The summed E-state index contributed by atoms with van der Waals surface area (Å²) < 4.78 is 25.0. The summed E-state index contributed by atoms with van der Waals surface area (Å²) in [7, 11) is 2.99. The van der Waals surface area contributed by atoms with Crippen LogP contribution >= 0.6 is 0 Å². The van der Waals surface area contributed by atoms with E-state index in [4.69, 9.17) is 9.47 Å². The standard InChI is InChI=1S/C15H18FNO3/c1-19-9-11-13(20-2)6-5-12(14(11)16)15(17-10-18)7-3-4-8-15/h5-6H,3-4,7-9H2,1-2H3. The molecule has 0 spiro atoms. The van der Waals surface area contributed by atoms with Gasteiger partial charge in [-0.1, -0.05) is 12.8 Å². The first-order valence-corrected chi connectivity index (χ1v) is 6.62. The number of rotatable bonds is 5. The average molecular weight is 279 g/mol. The molecule has 0 radical (unpaired) electrons. The summed E-state index contributed by atoms with van der Waals surface area (Å²) in [5, 5.41) is 0. The minimum Gasteiger partial charge on any atom is -0.496 e. The van der Waals surface area contributed by atoms with Crippen LogP contribution in [0.2, 0.25) is 0 Å². The molecule has 1 aliphatic rings. The van der Waals surface area contributed by atoms with E-state index >= 15 is 0 Å². The maximum Gasteiger partial charge on any atom is 0.235 e. The number of hydrogen-bond acceptors (Lipinski definition) is 4. The van der Waals surface area contributed by atoms with Crippen molar-refractivity contribution in [3.63, 3.8) is 0 Å². The maximum atomic E-state index is 14.8. The first-order chi connectivity index (χ1) is 9.68. The molecule has 0 bridgehead atoms. The van der Waals surface area contributed by atoms with Crippen LogP contribution in [0.15, 0.2) is 17.1 Å². The molecule has 20 heavy (non-hydrogen) atoms. The predicted octanol–water partition coefficient (Wildman–Crippen LogP) is 3.09. The van der Waals surface area contributed by atoms with Gasteiger partial charge in [0.25, 0.3) is 0 Å². The Bertz CT molecular complexity index is 532. The van der Waals surface area contributed by atoms with E-state index in [1.165, 1.54) is 14.2 Å². The van der Waals surface area contributed by atoms with Gasteiger partial charge in [0.15, 0.2) is 0 Å². The quantitative estimate of drug-likeness (QED) is 0.614. The molecule has 108 valence electrons. The number of carbonyl (C=O) groups excluding carboxylic acids is 1. The fourth-order valence-electron chi connectivity index (χ4n) is 2.92. The molecule has 5 heteroatoms. The van der Waals surface area contributed by atoms with E-state index in [-0.39, 0.29) is 6.61 Å². The second-order valence-electron chi connectivity index (χ2n) is 4.98. The number of benzene rings is 1. The predicted molar refractivity (Wildman–Crippen MR) is 71.9 cm³/mol. The summed E-state index contributed by atoms with van der Waals surface area (Å²) in [6, 6.07) is 3.35. The molecule has 0 unspecified atom stereocenters. The van der Waals surface area contributed by atoms with Gasteiger partial charge in [-0.15, -0.1) is 0 Å². The molecule has 1 aromatic rings. The smallest absolute Gasteiger partial charge is 0.235 e. The molecule has 0 aliphatic heterocycles. The lowest BCUT2D eigenvalue weighted by molar-refractivity contribution is 0.177. The normalized spacial score (nSPS) is 16.8. The van der Waals surface area contributed by atoms with Gasteiger partial charge in [0.05, 0.1) is 19.3 Å². The summed E-state index contributed by atoms with van der Waals surface area (Å²) in [5.74, 6) is 0.0448. The van der Waals surface area contributed by atoms with Crippen molar-refractivity contribution in [1.29, 1.82) is 0 Å². The molecule has 1 fully saturated rings. The molecule has 0 N–H and O–H groups in total. The molecule has 4 nitrogen and oxygen atoms in total. The van der Waals surface area contributed by atoms with Crippen LogP contribution in [0.25, 0.3) is 0 Å². The first-order valence-electron chi connectivity index (χ1n) is 6.62. The zero-order valence-corrected chi connectivity index (χ0v) is 11.7. The monoisotopic (exact) mass is 279 g/mol. The van der Waals surface area contributed by atoms with Crippen LogP contribution in [0.4, 0.5) is 4.39 Å². The van der Waals surface area contributed by atoms with Crippen LogP contribution in [0, 0.1) is 5.82 Å². The lowest BCUT2D eigenvalue weighted by Crippen LogP contribution is -2.21. The third-order valence-electron chi connectivity index (χ3n) is 3.90. The zero-order valence-electron chi connectivity index (χ0n) is 11.7. The topological polar surface area (TPSA) is 47.9 Å². The van der Waals surface area contributed by atoms with Crippen molar-refractivity contribution in [2.45, 2.75) is 37.8 Å². The Balaban J connectivity index is 2.56. The van der Waals surface area contributed by atoms with Crippen LogP contribution in [0.3, 0.4) is 0 Å². The minimum atomic E-state index is -0.777. The first kappa shape index (κ1) is 14.7. The fourth-order valence-corrected chi connectivity index (χ4v) is 2.92. The van der Waals surface area contributed by atoms with Gasteiger partial charge in [0, 0.05) is 12.7 Å². The zero-order chi connectivity index (χ0) is 14.6. The number of methoxy groups -OCH3 is 2. The van der Waals surface area contributed by atoms with Crippen molar-refractivity contribution in [1.82, 2.24) is 0 Å². The Morgan fingerprint density at radius 2 is 2.05 bits per heavy atom. The van der Waals surface area contributed by atoms with E-state index in [9.17, 15) is 9.18 Å². The second-order valence-corrected chi connectivity index (χ2v) is 4.98. The highest BCUT2D eigenvalue weighted by Gasteiger charge is 2.38. The van der Waals surface area contributed by atoms with E-state index in [1.807, 2.05) is 0 Å². The third kappa shape index (κ3) is 2.47. The van der Waals surface area contributed by atoms with Crippen LogP contribution in [-0.2, 0) is 21.7 Å². The van der Waals surface area contributed by atoms with Gasteiger partial charge in [-0.2, -0.15) is 4.99 Å². The molecular weight excluding hydrogens is 261 g/mol. The van der Waals surface area contributed by atoms with Crippen molar-refractivity contribution in [3.05, 3.63) is 29.1 Å². The highest BCUT2D eigenvalue weighted by molar-refractivity contribution is 5.44. The van der Waals surface area contributed by atoms with Crippen molar-refractivity contribution in [2.75, 3.05) is 14.2 Å². The summed E-state index contributed by atoms with van der Waals surface area (Å²) in [6.07, 6.45) is 4.78. The summed E-state index contributed by atoms with van der Waals surface area (Å²) in [5.41, 5.74) is 0.0201. The van der Waals surface area contributed by atoms with Crippen LogP contribution in [0.1, 0.15) is 36.8 Å². The number of ether oxygens (including phenoxy) is 2. The average Bonchev–Trinajstić information content (AvgIpc) is 2.91. The Morgan fingerprint density at radius 3 is 2.60 bits per heavy atom. The highest BCUT2D eigenvalue weighted by atomic mass is 19.1. The van der Waals surface area contributed by atoms with Gasteiger partial charge in [0.1, 0.15) is 17.1 Å². The molecule has 2 rings (SSSR count). The van der Waals surface area contributed by atoms with Gasteiger partial charge in [0.2, 0.25) is 6.08 Å². The molecule has 0 atom stereocenters. The Hall–Kier alpha value is -1.71. The Kier molecular flexibility index (Phi) is 4.53. The third-order valence-corrected chi connectivity index (χ3v) is 3.90. The van der Waals surface area contributed by atoms with E-state index in [0.717, 1.165) is 12.8 Å². The lowest BCUT2D eigenvalue weighted by Gasteiger charge is -2.25. The lowest BCUT2D eigenvalue weighted by atomic mass is 9.87. The summed E-state index contributed by atoms with van der Waals surface area (Å²) >= 11 is 0. The number of halogens is 1. The van der Waals surface area contributed by atoms with Crippen molar-refractivity contribution in [3.8, 4) is 5.75 Å². The van der Waals surface area contributed by atoms with Crippen molar-refractivity contribution in [2.24, 2.45) is 4.99 Å². The van der Waals surface area contributed by atoms with Gasteiger partial charge in [-0.05, 0) is 25.0 Å². The number of nitrogens with zero attached hydrogens (tertiary/aromatic N) is 1.